The zero-order valence-electron chi connectivity index (χ0n) is 9.01. The molecule has 0 fully saturated rings. The van der Waals surface area contributed by atoms with Crippen molar-refractivity contribution < 1.29 is 9.18 Å². The molecule has 0 saturated carbocycles. The molecule has 0 aliphatic rings. The van der Waals surface area contributed by atoms with Crippen LogP contribution in [-0.2, 0) is 10.5 Å². The second-order valence-electron chi connectivity index (χ2n) is 3.24. The van der Waals surface area contributed by atoms with Crippen LogP contribution >= 0.6 is 35.0 Å². The molecule has 94 valence electrons. The Morgan fingerprint density at radius 1 is 1.47 bits per heavy atom. The largest absolute Gasteiger partial charge is 0.354 e. The molecule has 0 heterocycles. The van der Waals surface area contributed by atoms with E-state index in [2.05, 4.69) is 5.32 Å². The molecule has 1 amide bonds. The number of hydrogen-bond donors (Lipinski definition) is 1. The lowest BCUT2D eigenvalue weighted by Gasteiger charge is -2.06. The highest BCUT2D eigenvalue weighted by Gasteiger charge is 2.06. The van der Waals surface area contributed by atoms with E-state index < -0.39 is 0 Å². The monoisotopic (exact) mass is 295 g/mol. The van der Waals surface area contributed by atoms with E-state index in [-0.39, 0.29) is 17.6 Å². The highest BCUT2D eigenvalue weighted by atomic mass is 35.5. The van der Waals surface area contributed by atoms with Crippen molar-refractivity contribution in [1.82, 2.24) is 5.32 Å². The Morgan fingerprint density at radius 3 is 2.88 bits per heavy atom. The van der Waals surface area contributed by atoms with Gasteiger partial charge in [0.1, 0.15) is 11.7 Å². The van der Waals surface area contributed by atoms with Gasteiger partial charge in [-0.1, -0.05) is 17.7 Å². The van der Waals surface area contributed by atoms with E-state index >= 15 is 0 Å². The molecule has 0 radical (unpaired) electrons. The fourth-order valence-electron chi connectivity index (χ4n) is 1.15. The van der Waals surface area contributed by atoms with Crippen molar-refractivity contribution in [1.29, 1.82) is 0 Å². The van der Waals surface area contributed by atoms with E-state index in [4.69, 9.17) is 23.2 Å². The van der Waals surface area contributed by atoms with Gasteiger partial charge >= 0.3 is 0 Å². The van der Waals surface area contributed by atoms with Crippen molar-refractivity contribution in [2.24, 2.45) is 0 Å². The van der Waals surface area contributed by atoms with Crippen molar-refractivity contribution in [3.8, 4) is 0 Å². The number of halogens is 3. The van der Waals surface area contributed by atoms with Crippen LogP contribution in [0.2, 0.25) is 5.02 Å². The van der Waals surface area contributed by atoms with Gasteiger partial charge in [0, 0.05) is 28.6 Å². The number of benzene rings is 1. The average molecular weight is 296 g/mol. The Hall–Kier alpha value is -0.450. The molecular weight excluding hydrogens is 284 g/mol. The van der Waals surface area contributed by atoms with Crippen LogP contribution in [-0.4, -0.2) is 24.1 Å². The molecule has 1 N–H and O–H groups in total. The van der Waals surface area contributed by atoms with Gasteiger partial charge in [0.2, 0.25) is 5.91 Å². The second-order valence-corrected chi connectivity index (χ2v) is 5.02. The second kappa shape index (κ2) is 7.80. The van der Waals surface area contributed by atoms with Crippen LogP contribution in [0.15, 0.2) is 18.2 Å². The molecule has 0 aliphatic heterocycles. The molecule has 1 rings (SSSR count). The van der Waals surface area contributed by atoms with Crippen molar-refractivity contribution in [3.63, 3.8) is 0 Å². The molecule has 0 saturated heterocycles. The first kappa shape index (κ1) is 14.6. The summed E-state index contributed by atoms with van der Waals surface area (Å²) in [4.78, 5) is 10.8. The van der Waals surface area contributed by atoms with Gasteiger partial charge in [-0.3, -0.25) is 4.79 Å². The normalized spacial score (nSPS) is 10.3. The van der Waals surface area contributed by atoms with Gasteiger partial charge in [0.25, 0.3) is 0 Å². The summed E-state index contributed by atoms with van der Waals surface area (Å²) < 4.78 is 13.4. The minimum Gasteiger partial charge on any atom is -0.354 e. The Balaban J connectivity index is 2.29. The zero-order valence-corrected chi connectivity index (χ0v) is 11.3. The Labute approximate surface area is 114 Å². The summed E-state index contributed by atoms with van der Waals surface area (Å²) in [5.41, 5.74) is 0.503. The van der Waals surface area contributed by atoms with Gasteiger partial charge in [-0.15, -0.1) is 11.6 Å². The fourth-order valence-corrected chi connectivity index (χ4v) is 2.45. The Morgan fingerprint density at radius 2 is 2.24 bits per heavy atom. The molecule has 0 aromatic heterocycles. The highest BCUT2D eigenvalue weighted by Crippen LogP contribution is 2.23. The summed E-state index contributed by atoms with van der Waals surface area (Å²) in [6.07, 6.45) is 0. The van der Waals surface area contributed by atoms with Crippen LogP contribution in [0.4, 0.5) is 4.39 Å². The molecule has 0 aliphatic carbocycles. The van der Waals surface area contributed by atoms with Crippen LogP contribution in [0.3, 0.4) is 0 Å². The molecule has 1 aromatic rings. The number of carbonyl (C=O) groups is 1. The molecule has 2 nitrogen and oxygen atoms in total. The smallest absolute Gasteiger partial charge is 0.234 e. The summed E-state index contributed by atoms with van der Waals surface area (Å²) in [5, 5.41) is 3.06. The SMILES string of the molecule is O=C(CCl)NCCSCc1c(F)cccc1Cl. The molecule has 0 atom stereocenters. The third kappa shape index (κ3) is 5.15. The lowest BCUT2D eigenvalue weighted by Crippen LogP contribution is -2.26. The number of amides is 1. The third-order valence-electron chi connectivity index (χ3n) is 2.00. The van der Waals surface area contributed by atoms with Crippen LogP contribution < -0.4 is 5.32 Å². The molecule has 17 heavy (non-hydrogen) atoms. The first-order valence-corrected chi connectivity index (χ1v) is 7.05. The lowest BCUT2D eigenvalue weighted by atomic mass is 10.2. The maximum Gasteiger partial charge on any atom is 0.234 e. The summed E-state index contributed by atoms with van der Waals surface area (Å²) in [6, 6.07) is 4.62. The first-order chi connectivity index (χ1) is 8.15. The number of rotatable bonds is 6. The number of alkyl halides is 1. The van der Waals surface area contributed by atoms with E-state index in [1.54, 1.807) is 12.1 Å². The summed E-state index contributed by atoms with van der Waals surface area (Å²) in [5.74, 6) is 0.644. The van der Waals surface area contributed by atoms with Gasteiger partial charge in [0.15, 0.2) is 0 Å². The van der Waals surface area contributed by atoms with Gasteiger partial charge in [-0.05, 0) is 12.1 Å². The van der Waals surface area contributed by atoms with E-state index in [1.165, 1.54) is 17.8 Å². The van der Waals surface area contributed by atoms with Crippen LogP contribution in [0.5, 0.6) is 0 Å². The topological polar surface area (TPSA) is 29.1 Å². The predicted molar refractivity (Wildman–Crippen MR) is 71.3 cm³/mol. The highest BCUT2D eigenvalue weighted by molar-refractivity contribution is 7.98. The maximum atomic E-state index is 13.4. The average Bonchev–Trinajstić information content (AvgIpc) is 2.31. The van der Waals surface area contributed by atoms with E-state index in [9.17, 15) is 9.18 Å². The number of nitrogens with one attached hydrogen (secondary N) is 1. The summed E-state index contributed by atoms with van der Waals surface area (Å²) in [7, 11) is 0. The van der Waals surface area contributed by atoms with E-state index in [0.717, 1.165) is 0 Å². The lowest BCUT2D eigenvalue weighted by molar-refractivity contribution is -0.118. The maximum absolute atomic E-state index is 13.4. The minimum absolute atomic E-state index is 0.0379. The summed E-state index contributed by atoms with van der Waals surface area (Å²) >= 11 is 12.7. The Kier molecular flexibility index (Phi) is 6.70. The zero-order chi connectivity index (χ0) is 12.7. The fraction of sp³-hybridized carbons (Fsp3) is 0.364. The molecule has 0 unspecified atom stereocenters. The van der Waals surface area contributed by atoms with Crippen LogP contribution in [0.25, 0.3) is 0 Å². The van der Waals surface area contributed by atoms with Gasteiger partial charge in [-0.25, -0.2) is 4.39 Å². The molecule has 0 spiro atoms. The van der Waals surface area contributed by atoms with E-state index in [0.29, 0.717) is 28.6 Å². The van der Waals surface area contributed by atoms with Crippen LogP contribution in [0, 0.1) is 5.82 Å². The predicted octanol–water partition coefficient (Wildman–Crippen LogP) is 3.07. The number of thioether (sulfide) groups is 1. The molecule has 0 bridgehead atoms. The third-order valence-corrected chi connectivity index (χ3v) is 3.58. The van der Waals surface area contributed by atoms with Crippen molar-refractivity contribution in [2.75, 3.05) is 18.2 Å². The molecule has 1 aromatic carbocycles. The van der Waals surface area contributed by atoms with Crippen molar-refractivity contribution >= 4 is 40.9 Å². The van der Waals surface area contributed by atoms with Crippen molar-refractivity contribution in [3.05, 3.63) is 34.6 Å². The number of carbonyl (C=O) groups excluding carboxylic acids is 1. The first-order valence-electron chi connectivity index (χ1n) is 4.98. The Bertz CT molecular complexity index is 369. The van der Waals surface area contributed by atoms with Crippen LogP contribution in [0.1, 0.15) is 5.56 Å². The summed E-state index contributed by atoms with van der Waals surface area (Å²) in [6.45, 7) is 0.516. The minimum atomic E-state index is -0.296. The molecule has 6 heteroatoms. The van der Waals surface area contributed by atoms with Gasteiger partial charge in [-0.2, -0.15) is 11.8 Å². The van der Waals surface area contributed by atoms with Crippen molar-refractivity contribution in [2.45, 2.75) is 5.75 Å². The van der Waals surface area contributed by atoms with Gasteiger partial charge in [0.05, 0.1) is 0 Å². The number of hydrogen-bond acceptors (Lipinski definition) is 2. The van der Waals surface area contributed by atoms with Gasteiger partial charge < -0.3 is 5.32 Å². The van der Waals surface area contributed by atoms with E-state index in [1.807, 2.05) is 0 Å². The standard InChI is InChI=1S/C11H12Cl2FNOS/c12-6-11(16)15-4-5-17-7-8-9(13)2-1-3-10(8)14/h1-3H,4-7H2,(H,15,16). The molecular formula is C11H12Cl2FNOS. The quantitative estimate of drug-likeness (QED) is 0.645.